The molecule has 1 N–H and O–H groups in total. The van der Waals surface area contributed by atoms with Crippen molar-refractivity contribution in [2.24, 2.45) is 0 Å². The van der Waals surface area contributed by atoms with Crippen LogP contribution < -0.4 is 5.32 Å². The molecule has 0 radical (unpaired) electrons. The lowest BCUT2D eigenvalue weighted by Gasteiger charge is -2.28. The van der Waals surface area contributed by atoms with Gasteiger partial charge in [-0.25, -0.2) is 0 Å². The van der Waals surface area contributed by atoms with Crippen molar-refractivity contribution in [2.75, 3.05) is 18.5 Å². The fraction of sp³-hybridized carbons (Fsp3) is 0.600. The van der Waals surface area contributed by atoms with Crippen molar-refractivity contribution >= 4 is 5.69 Å². The molecule has 1 fully saturated rings. The minimum Gasteiger partial charge on any atom is -0.380 e. The zero-order valence-corrected chi connectivity index (χ0v) is 11.7. The smallest absolute Gasteiger partial charge is 0.192 e. The number of hydrogen-bond acceptors (Lipinski definition) is 3. The van der Waals surface area contributed by atoms with Crippen LogP contribution in [0.1, 0.15) is 39.7 Å². The molecule has 2 rings (SSSR count). The monoisotopic (exact) mass is 249 g/mol. The molecule has 100 valence electrons. The van der Waals surface area contributed by atoms with Crippen molar-refractivity contribution in [3.63, 3.8) is 0 Å². The highest BCUT2D eigenvalue weighted by Gasteiger charge is 2.33. The predicted octanol–water partition coefficient (Wildman–Crippen LogP) is 3.51. The van der Waals surface area contributed by atoms with Gasteiger partial charge in [0.05, 0.1) is 13.2 Å². The summed E-state index contributed by atoms with van der Waals surface area (Å²) >= 11 is 0. The SMILES string of the molecule is CCC(C)(C)Nc1cccc(C2(C)OCCO2)c1. The zero-order chi connectivity index (χ0) is 13.2. The maximum atomic E-state index is 5.69. The van der Waals surface area contributed by atoms with Crippen molar-refractivity contribution in [3.05, 3.63) is 29.8 Å². The van der Waals surface area contributed by atoms with Crippen LogP contribution in [0.3, 0.4) is 0 Å². The van der Waals surface area contributed by atoms with Gasteiger partial charge in [0.1, 0.15) is 0 Å². The van der Waals surface area contributed by atoms with Gasteiger partial charge >= 0.3 is 0 Å². The Labute approximate surface area is 109 Å². The summed E-state index contributed by atoms with van der Waals surface area (Å²) in [6.45, 7) is 9.88. The van der Waals surface area contributed by atoms with E-state index in [4.69, 9.17) is 9.47 Å². The van der Waals surface area contributed by atoms with Crippen LogP contribution in [0.5, 0.6) is 0 Å². The van der Waals surface area contributed by atoms with Crippen LogP contribution in [0.15, 0.2) is 24.3 Å². The Bertz CT molecular complexity index is 409. The molecule has 0 aliphatic carbocycles. The lowest BCUT2D eigenvalue weighted by atomic mass is 10.0. The van der Waals surface area contributed by atoms with E-state index in [2.05, 4.69) is 44.3 Å². The maximum Gasteiger partial charge on any atom is 0.192 e. The van der Waals surface area contributed by atoms with Gasteiger partial charge in [0.2, 0.25) is 0 Å². The van der Waals surface area contributed by atoms with Crippen molar-refractivity contribution < 1.29 is 9.47 Å². The van der Waals surface area contributed by atoms with E-state index in [0.29, 0.717) is 13.2 Å². The molecule has 1 heterocycles. The average Bonchev–Trinajstić information content (AvgIpc) is 2.77. The molecule has 1 saturated heterocycles. The van der Waals surface area contributed by atoms with Crippen molar-refractivity contribution in [1.29, 1.82) is 0 Å². The number of ether oxygens (including phenoxy) is 2. The van der Waals surface area contributed by atoms with Gasteiger partial charge in [-0.1, -0.05) is 19.1 Å². The van der Waals surface area contributed by atoms with E-state index in [1.807, 2.05) is 13.0 Å². The molecule has 1 aliphatic rings. The highest BCUT2D eigenvalue weighted by Crippen LogP contribution is 2.32. The number of benzene rings is 1. The summed E-state index contributed by atoms with van der Waals surface area (Å²) in [5, 5.41) is 3.54. The molecular formula is C15H23NO2. The maximum absolute atomic E-state index is 5.69. The van der Waals surface area contributed by atoms with Gasteiger partial charge in [-0.15, -0.1) is 0 Å². The lowest BCUT2D eigenvalue weighted by Crippen LogP contribution is -2.30. The third-order valence-electron chi connectivity index (χ3n) is 3.59. The molecule has 0 bridgehead atoms. The first-order valence-corrected chi connectivity index (χ1v) is 6.62. The molecule has 3 heteroatoms. The standard InChI is InChI=1S/C15H23NO2/c1-5-14(2,3)16-13-8-6-7-12(11-13)15(4)17-9-10-18-15/h6-8,11,16H,5,9-10H2,1-4H3. The second-order valence-corrected chi connectivity index (χ2v) is 5.59. The first kappa shape index (κ1) is 13.4. The zero-order valence-electron chi connectivity index (χ0n) is 11.7. The number of hydrogen-bond donors (Lipinski definition) is 1. The number of rotatable bonds is 4. The molecular weight excluding hydrogens is 226 g/mol. The second-order valence-electron chi connectivity index (χ2n) is 5.59. The topological polar surface area (TPSA) is 30.5 Å². The number of anilines is 1. The third-order valence-corrected chi connectivity index (χ3v) is 3.59. The highest BCUT2D eigenvalue weighted by atomic mass is 16.7. The van der Waals surface area contributed by atoms with Crippen molar-refractivity contribution in [2.45, 2.75) is 45.4 Å². The molecule has 1 aromatic carbocycles. The summed E-state index contributed by atoms with van der Waals surface area (Å²) in [6.07, 6.45) is 1.07. The normalized spacial score (nSPS) is 18.9. The lowest BCUT2D eigenvalue weighted by molar-refractivity contribution is -0.149. The van der Waals surface area contributed by atoms with Crippen LogP contribution in [-0.4, -0.2) is 18.8 Å². The molecule has 1 aliphatic heterocycles. The molecule has 0 aromatic heterocycles. The van der Waals surface area contributed by atoms with E-state index in [9.17, 15) is 0 Å². The Kier molecular flexibility index (Phi) is 3.64. The van der Waals surface area contributed by atoms with E-state index in [1.165, 1.54) is 0 Å². The highest BCUT2D eigenvalue weighted by molar-refractivity contribution is 5.48. The number of nitrogens with one attached hydrogen (secondary N) is 1. The first-order valence-electron chi connectivity index (χ1n) is 6.62. The van der Waals surface area contributed by atoms with E-state index in [0.717, 1.165) is 17.7 Å². The molecule has 0 saturated carbocycles. The van der Waals surface area contributed by atoms with Gasteiger partial charge in [-0.3, -0.25) is 0 Å². The Morgan fingerprint density at radius 3 is 2.56 bits per heavy atom. The van der Waals surface area contributed by atoms with Gasteiger partial charge < -0.3 is 14.8 Å². The average molecular weight is 249 g/mol. The molecule has 1 aromatic rings. The second kappa shape index (κ2) is 4.90. The van der Waals surface area contributed by atoms with Gasteiger partial charge in [0.25, 0.3) is 0 Å². The molecule has 18 heavy (non-hydrogen) atoms. The summed E-state index contributed by atoms with van der Waals surface area (Å²) < 4.78 is 11.4. The minimum absolute atomic E-state index is 0.0942. The molecule has 3 nitrogen and oxygen atoms in total. The van der Waals surface area contributed by atoms with Crippen LogP contribution >= 0.6 is 0 Å². The first-order chi connectivity index (χ1) is 8.45. The van der Waals surface area contributed by atoms with E-state index in [1.54, 1.807) is 0 Å². The summed E-state index contributed by atoms with van der Waals surface area (Å²) in [6, 6.07) is 8.29. The van der Waals surface area contributed by atoms with Crippen molar-refractivity contribution in [1.82, 2.24) is 0 Å². The molecule has 0 spiro atoms. The fourth-order valence-corrected chi connectivity index (χ4v) is 2.04. The van der Waals surface area contributed by atoms with E-state index >= 15 is 0 Å². The van der Waals surface area contributed by atoms with Gasteiger partial charge in [-0.2, -0.15) is 0 Å². The predicted molar refractivity (Wildman–Crippen MR) is 73.7 cm³/mol. The van der Waals surface area contributed by atoms with Gasteiger partial charge in [0.15, 0.2) is 5.79 Å². The summed E-state index contributed by atoms with van der Waals surface area (Å²) in [5.74, 6) is -0.589. The third kappa shape index (κ3) is 2.85. The van der Waals surface area contributed by atoms with Crippen LogP contribution in [0, 0.1) is 0 Å². The van der Waals surface area contributed by atoms with Crippen LogP contribution in [-0.2, 0) is 15.3 Å². The van der Waals surface area contributed by atoms with Gasteiger partial charge in [-0.05, 0) is 39.3 Å². The Hall–Kier alpha value is -1.06. The summed E-state index contributed by atoms with van der Waals surface area (Å²) in [4.78, 5) is 0. The van der Waals surface area contributed by atoms with E-state index < -0.39 is 5.79 Å². The quantitative estimate of drug-likeness (QED) is 0.885. The van der Waals surface area contributed by atoms with E-state index in [-0.39, 0.29) is 5.54 Å². The molecule has 0 amide bonds. The van der Waals surface area contributed by atoms with Gasteiger partial charge in [0, 0.05) is 16.8 Å². The minimum atomic E-state index is -0.589. The molecule has 0 atom stereocenters. The van der Waals surface area contributed by atoms with Crippen LogP contribution in [0.25, 0.3) is 0 Å². The fourth-order valence-electron chi connectivity index (χ4n) is 2.04. The largest absolute Gasteiger partial charge is 0.380 e. The van der Waals surface area contributed by atoms with Crippen molar-refractivity contribution in [3.8, 4) is 0 Å². The Morgan fingerprint density at radius 1 is 1.28 bits per heavy atom. The van der Waals surface area contributed by atoms with Crippen LogP contribution in [0.4, 0.5) is 5.69 Å². The van der Waals surface area contributed by atoms with Crippen LogP contribution in [0.2, 0.25) is 0 Å². The molecule has 0 unspecified atom stereocenters. The summed E-state index contributed by atoms with van der Waals surface area (Å²) in [7, 11) is 0. The summed E-state index contributed by atoms with van der Waals surface area (Å²) in [5.41, 5.74) is 2.27. The Morgan fingerprint density at radius 2 is 1.94 bits per heavy atom. The Balaban J connectivity index is 2.20.